The third-order valence-corrected chi connectivity index (χ3v) is 8.59. The van der Waals surface area contributed by atoms with Gasteiger partial charge in [0.05, 0.1) is 17.7 Å². The molecule has 0 radical (unpaired) electrons. The van der Waals surface area contributed by atoms with Crippen molar-refractivity contribution in [2.45, 2.75) is 64.1 Å². The molecule has 214 valence electrons. The summed E-state index contributed by atoms with van der Waals surface area (Å²) in [5.41, 5.74) is 2.08. The Balaban J connectivity index is 2.05. The maximum Gasteiger partial charge on any atom is 0.264 e. The van der Waals surface area contributed by atoms with E-state index in [-0.39, 0.29) is 23.4 Å². The van der Waals surface area contributed by atoms with Crippen molar-refractivity contribution >= 4 is 27.5 Å². The number of nitrogens with one attached hydrogen (secondary N) is 1. The van der Waals surface area contributed by atoms with Crippen molar-refractivity contribution in [1.82, 2.24) is 10.2 Å². The van der Waals surface area contributed by atoms with E-state index in [1.807, 2.05) is 39.8 Å². The van der Waals surface area contributed by atoms with Gasteiger partial charge in [0.15, 0.2) is 0 Å². The molecule has 0 heterocycles. The molecule has 2 atom stereocenters. The number of anilines is 1. The Bertz CT molecular complexity index is 1380. The topological polar surface area (TPSA) is 96.0 Å². The van der Waals surface area contributed by atoms with E-state index in [0.717, 1.165) is 21.9 Å². The van der Waals surface area contributed by atoms with E-state index in [1.54, 1.807) is 61.7 Å². The van der Waals surface area contributed by atoms with E-state index in [9.17, 15) is 18.0 Å². The number of benzene rings is 3. The summed E-state index contributed by atoms with van der Waals surface area (Å²) in [4.78, 5) is 29.0. The Morgan fingerprint density at radius 1 is 0.925 bits per heavy atom. The smallest absolute Gasteiger partial charge is 0.264 e. The third-order valence-electron chi connectivity index (χ3n) is 6.81. The molecular weight excluding hydrogens is 526 g/mol. The first kappa shape index (κ1) is 30.7. The standard InChI is InChI=1S/C31H39N3O5S/c1-6-24(4)32-31(36)29(7-2)33(21-25-12-11-13-27(20-25)39-5)30(35)22-34(26-18-16-23(3)17-19-26)40(37,38)28-14-9-8-10-15-28/h8-20,24,29H,6-7,21-22H2,1-5H3,(H,32,36)/t24-,29-/m0/s1. The average Bonchev–Trinajstić information content (AvgIpc) is 2.96. The van der Waals surface area contributed by atoms with E-state index in [1.165, 1.54) is 17.0 Å². The van der Waals surface area contributed by atoms with Gasteiger partial charge >= 0.3 is 0 Å². The van der Waals surface area contributed by atoms with Crippen molar-refractivity contribution in [3.05, 3.63) is 90.0 Å². The normalized spacial score (nSPS) is 12.7. The molecule has 0 saturated heterocycles. The number of methoxy groups -OCH3 is 1. The van der Waals surface area contributed by atoms with Crippen LogP contribution in [0.2, 0.25) is 0 Å². The monoisotopic (exact) mass is 565 g/mol. The van der Waals surface area contributed by atoms with Crippen LogP contribution >= 0.6 is 0 Å². The summed E-state index contributed by atoms with van der Waals surface area (Å²) in [5.74, 6) is -0.148. The Hall–Kier alpha value is -3.85. The number of hydrogen-bond acceptors (Lipinski definition) is 5. The molecule has 8 nitrogen and oxygen atoms in total. The molecule has 0 aliphatic rings. The zero-order valence-corrected chi connectivity index (χ0v) is 24.6. The lowest BCUT2D eigenvalue weighted by Gasteiger charge is -2.33. The van der Waals surface area contributed by atoms with Crippen LogP contribution in [-0.2, 0) is 26.2 Å². The highest BCUT2D eigenvalue weighted by molar-refractivity contribution is 7.92. The average molecular weight is 566 g/mol. The van der Waals surface area contributed by atoms with Crippen LogP contribution in [0.5, 0.6) is 5.75 Å². The minimum Gasteiger partial charge on any atom is -0.497 e. The van der Waals surface area contributed by atoms with Gasteiger partial charge in [-0.15, -0.1) is 0 Å². The molecule has 0 spiro atoms. The van der Waals surface area contributed by atoms with E-state index in [4.69, 9.17) is 4.74 Å². The molecule has 2 amide bonds. The number of ether oxygens (including phenoxy) is 1. The molecule has 0 aromatic heterocycles. The van der Waals surface area contributed by atoms with Gasteiger partial charge in [0.25, 0.3) is 10.0 Å². The van der Waals surface area contributed by atoms with Gasteiger partial charge in [-0.05, 0) is 68.7 Å². The summed E-state index contributed by atoms with van der Waals surface area (Å²) in [7, 11) is -2.53. The van der Waals surface area contributed by atoms with Crippen molar-refractivity contribution in [3.63, 3.8) is 0 Å². The van der Waals surface area contributed by atoms with E-state index >= 15 is 0 Å². The molecule has 3 aromatic carbocycles. The fourth-order valence-corrected chi connectivity index (χ4v) is 5.72. The molecule has 1 N–H and O–H groups in total. The summed E-state index contributed by atoms with van der Waals surface area (Å²) in [6.45, 7) is 7.25. The van der Waals surface area contributed by atoms with Gasteiger partial charge in [0, 0.05) is 12.6 Å². The lowest BCUT2D eigenvalue weighted by Crippen LogP contribution is -2.53. The number of carbonyl (C=O) groups excluding carboxylic acids is 2. The molecular formula is C31H39N3O5S. The Morgan fingerprint density at radius 3 is 2.20 bits per heavy atom. The van der Waals surface area contributed by atoms with Crippen LogP contribution in [0.15, 0.2) is 83.8 Å². The molecule has 0 aliphatic carbocycles. The highest BCUT2D eigenvalue weighted by Crippen LogP contribution is 2.25. The van der Waals surface area contributed by atoms with Crippen LogP contribution < -0.4 is 14.4 Å². The number of amides is 2. The van der Waals surface area contributed by atoms with Gasteiger partial charge in [-0.3, -0.25) is 13.9 Å². The van der Waals surface area contributed by atoms with Gasteiger partial charge in [-0.1, -0.05) is 61.9 Å². The maximum atomic E-state index is 14.1. The number of carbonyl (C=O) groups is 2. The first-order valence-electron chi connectivity index (χ1n) is 13.5. The molecule has 0 aliphatic heterocycles. The predicted octanol–water partition coefficient (Wildman–Crippen LogP) is 4.92. The lowest BCUT2D eigenvalue weighted by molar-refractivity contribution is -0.140. The largest absolute Gasteiger partial charge is 0.497 e. The van der Waals surface area contributed by atoms with Gasteiger partial charge < -0.3 is 15.0 Å². The lowest BCUT2D eigenvalue weighted by atomic mass is 10.1. The number of hydrogen-bond donors (Lipinski definition) is 1. The van der Waals surface area contributed by atoms with Crippen LogP contribution in [0.4, 0.5) is 5.69 Å². The second-order valence-corrected chi connectivity index (χ2v) is 11.6. The summed E-state index contributed by atoms with van der Waals surface area (Å²) >= 11 is 0. The first-order chi connectivity index (χ1) is 19.1. The minimum absolute atomic E-state index is 0.0714. The quantitative estimate of drug-likeness (QED) is 0.317. The van der Waals surface area contributed by atoms with E-state index < -0.39 is 28.5 Å². The fraction of sp³-hybridized carbons (Fsp3) is 0.355. The molecule has 0 fully saturated rings. The van der Waals surface area contributed by atoms with Crippen molar-refractivity contribution in [2.75, 3.05) is 18.0 Å². The van der Waals surface area contributed by atoms with Crippen molar-refractivity contribution in [1.29, 1.82) is 0 Å². The molecule has 3 aromatic rings. The van der Waals surface area contributed by atoms with Crippen molar-refractivity contribution < 1.29 is 22.7 Å². The third kappa shape index (κ3) is 7.63. The first-order valence-corrected chi connectivity index (χ1v) is 14.9. The van der Waals surface area contributed by atoms with Crippen LogP contribution in [0.1, 0.15) is 44.7 Å². The summed E-state index contributed by atoms with van der Waals surface area (Å²) < 4.78 is 34.1. The molecule has 0 unspecified atom stereocenters. The van der Waals surface area contributed by atoms with Crippen LogP contribution in [0.3, 0.4) is 0 Å². The second-order valence-electron chi connectivity index (χ2n) is 9.78. The highest BCUT2D eigenvalue weighted by Gasteiger charge is 2.34. The zero-order valence-electron chi connectivity index (χ0n) is 23.8. The van der Waals surface area contributed by atoms with E-state index in [2.05, 4.69) is 5.32 Å². The molecule has 0 saturated carbocycles. The fourth-order valence-electron chi connectivity index (χ4n) is 4.29. The summed E-state index contributed by atoms with van der Waals surface area (Å²) in [5, 5.41) is 2.98. The molecule has 3 rings (SSSR count). The predicted molar refractivity (Wildman–Crippen MR) is 158 cm³/mol. The minimum atomic E-state index is -4.09. The number of nitrogens with zero attached hydrogens (tertiary/aromatic N) is 2. The number of sulfonamides is 1. The Kier molecular flexibility index (Phi) is 10.7. The number of rotatable bonds is 13. The molecule has 0 bridgehead atoms. The summed E-state index contributed by atoms with van der Waals surface area (Å²) in [6, 6.07) is 21.4. The molecule has 40 heavy (non-hydrogen) atoms. The maximum absolute atomic E-state index is 14.1. The van der Waals surface area contributed by atoms with Gasteiger partial charge in [-0.25, -0.2) is 8.42 Å². The zero-order chi connectivity index (χ0) is 29.3. The second kappa shape index (κ2) is 14.0. The molecule has 9 heteroatoms. The van der Waals surface area contributed by atoms with Crippen LogP contribution in [0, 0.1) is 6.92 Å². The SMILES string of the molecule is CC[C@H](C)NC(=O)[C@H](CC)N(Cc1cccc(OC)c1)C(=O)CN(c1ccc(C)cc1)S(=O)(=O)c1ccccc1. The van der Waals surface area contributed by atoms with E-state index in [0.29, 0.717) is 17.9 Å². The number of aryl methyl sites for hydroxylation is 1. The van der Waals surface area contributed by atoms with Crippen LogP contribution in [0.25, 0.3) is 0 Å². The van der Waals surface area contributed by atoms with Crippen molar-refractivity contribution in [2.24, 2.45) is 0 Å². The van der Waals surface area contributed by atoms with Crippen molar-refractivity contribution in [3.8, 4) is 5.75 Å². The highest BCUT2D eigenvalue weighted by atomic mass is 32.2. The Morgan fingerprint density at radius 2 is 1.60 bits per heavy atom. The summed E-state index contributed by atoms with van der Waals surface area (Å²) in [6.07, 6.45) is 1.09. The van der Waals surface area contributed by atoms with Gasteiger partial charge in [0.1, 0.15) is 18.3 Å². The van der Waals surface area contributed by atoms with Gasteiger partial charge in [-0.2, -0.15) is 0 Å². The van der Waals surface area contributed by atoms with Gasteiger partial charge in [0.2, 0.25) is 11.8 Å². The Labute approximate surface area is 238 Å². The van der Waals surface area contributed by atoms with Crippen LogP contribution in [-0.4, -0.2) is 50.9 Å².